The van der Waals surface area contributed by atoms with Crippen molar-refractivity contribution in [3.63, 3.8) is 0 Å². The van der Waals surface area contributed by atoms with Crippen LogP contribution in [-0.4, -0.2) is 51.4 Å². The Bertz CT molecular complexity index is 1150. The van der Waals surface area contributed by atoms with Gasteiger partial charge in [-0.15, -0.1) is 10.2 Å². The van der Waals surface area contributed by atoms with Crippen LogP contribution in [0.2, 0.25) is 0 Å². The standard InChI is InChI=1S/C21H28N6O5S/c1-15-6-7-17(27(29)30)13-18(15)33(31,32)25-11-8-16(9-12-25)21(28)22-14-20-24-23-19-5-3-2-4-10-26(19)20/h6-7,13,16H,2-5,8-12,14H2,1H3,(H,22,28). The Morgan fingerprint density at radius 1 is 1.18 bits per heavy atom. The van der Waals surface area contributed by atoms with Crippen LogP contribution in [0.4, 0.5) is 5.69 Å². The largest absolute Gasteiger partial charge is 0.349 e. The highest BCUT2D eigenvalue weighted by Gasteiger charge is 2.33. The summed E-state index contributed by atoms with van der Waals surface area (Å²) >= 11 is 0. The summed E-state index contributed by atoms with van der Waals surface area (Å²) in [5.74, 6) is 1.30. The maximum absolute atomic E-state index is 13.1. The van der Waals surface area contributed by atoms with Gasteiger partial charge in [0.1, 0.15) is 5.82 Å². The number of fused-ring (bicyclic) bond motifs is 1. The molecule has 1 fully saturated rings. The lowest BCUT2D eigenvalue weighted by molar-refractivity contribution is -0.385. The normalized spacial score (nSPS) is 17.8. The minimum Gasteiger partial charge on any atom is -0.349 e. The van der Waals surface area contributed by atoms with E-state index in [0.717, 1.165) is 49.9 Å². The van der Waals surface area contributed by atoms with Gasteiger partial charge in [0.2, 0.25) is 15.9 Å². The molecule has 4 rings (SSSR count). The van der Waals surface area contributed by atoms with Gasteiger partial charge in [0.15, 0.2) is 5.82 Å². The molecule has 12 heteroatoms. The van der Waals surface area contributed by atoms with E-state index in [4.69, 9.17) is 0 Å². The smallest absolute Gasteiger partial charge is 0.270 e. The molecule has 0 bridgehead atoms. The molecular weight excluding hydrogens is 448 g/mol. The minimum atomic E-state index is -3.88. The molecule has 0 atom stereocenters. The van der Waals surface area contributed by atoms with Crippen LogP contribution in [0.1, 0.15) is 49.3 Å². The number of nitrogens with zero attached hydrogens (tertiary/aromatic N) is 5. The maximum Gasteiger partial charge on any atom is 0.270 e. The molecule has 33 heavy (non-hydrogen) atoms. The Hall–Kier alpha value is -2.86. The second-order valence-electron chi connectivity index (χ2n) is 8.60. The van der Waals surface area contributed by atoms with E-state index in [-0.39, 0.29) is 35.5 Å². The molecular formula is C21H28N6O5S. The second kappa shape index (κ2) is 9.56. The first-order valence-corrected chi connectivity index (χ1v) is 12.6. The first kappa shape index (κ1) is 23.3. The molecule has 11 nitrogen and oxygen atoms in total. The zero-order chi connectivity index (χ0) is 23.6. The zero-order valence-electron chi connectivity index (χ0n) is 18.6. The highest BCUT2D eigenvalue weighted by Crippen LogP contribution is 2.28. The summed E-state index contributed by atoms with van der Waals surface area (Å²) in [6, 6.07) is 3.83. The molecule has 2 aromatic rings. The monoisotopic (exact) mass is 476 g/mol. The zero-order valence-corrected chi connectivity index (χ0v) is 19.4. The van der Waals surface area contributed by atoms with Crippen LogP contribution >= 0.6 is 0 Å². The number of benzene rings is 1. The van der Waals surface area contributed by atoms with Gasteiger partial charge in [0, 0.05) is 44.1 Å². The quantitative estimate of drug-likeness (QED) is 0.496. The molecule has 0 aliphatic carbocycles. The lowest BCUT2D eigenvalue weighted by Crippen LogP contribution is -2.43. The van der Waals surface area contributed by atoms with Crippen LogP contribution in [0.25, 0.3) is 0 Å². The van der Waals surface area contributed by atoms with Crippen LogP contribution in [0.5, 0.6) is 0 Å². The molecule has 0 saturated carbocycles. The molecule has 1 amide bonds. The third-order valence-corrected chi connectivity index (χ3v) is 8.47. The third kappa shape index (κ3) is 4.91. The van der Waals surface area contributed by atoms with Crippen LogP contribution in [0.3, 0.4) is 0 Å². The summed E-state index contributed by atoms with van der Waals surface area (Å²) < 4.78 is 29.6. The number of piperidine rings is 1. The lowest BCUT2D eigenvalue weighted by atomic mass is 9.97. The fourth-order valence-electron chi connectivity index (χ4n) is 4.46. The fraction of sp³-hybridized carbons (Fsp3) is 0.571. The van der Waals surface area contributed by atoms with Crippen molar-refractivity contribution in [2.45, 2.75) is 63.4 Å². The Labute approximate surface area is 192 Å². The molecule has 2 aliphatic rings. The summed E-state index contributed by atoms with van der Waals surface area (Å²) in [6.07, 6.45) is 5.00. The highest BCUT2D eigenvalue weighted by atomic mass is 32.2. The Kier molecular flexibility index (Phi) is 6.75. The number of hydrogen-bond donors (Lipinski definition) is 1. The van der Waals surface area contributed by atoms with Crippen molar-refractivity contribution in [3.05, 3.63) is 45.5 Å². The number of carbonyl (C=O) groups is 1. The van der Waals surface area contributed by atoms with E-state index < -0.39 is 14.9 Å². The highest BCUT2D eigenvalue weighted by molar-refractivity contribution is 7.89. The number of non-ortho nitro benzene ring substituents is 1. The Morgan fingerprint density at radius 3 is 2.67 bits per heavy atom. The van der Waals surface area contributed by atoms with Crippen molar-refractivity contribution < 1.29 is 18.1 Å². The second-order valence-corrected chi connectivity index (χ2v) is 10.5. The van der Waals surface area contributed by atoms with Crippen molar-refractivity contribution in [1.82, 2.24) is 24.4 Å². The van der Waals surface area contributed by atoms with Gasteiger partial charge < -0.3 is 9.88 Å². The van der Waals surface area contributed by atoms with Crippen molar-refractivity contribution in [2.24, 2.45) is 5.92 Å². The van der Waals surface area contributed by atoms with Gasteiger partial charge >= 0.3 is 0 Å². The van der Waals surface area contributed by atoms with Gasteiger partial charge in [0.25, 0.3) is 5.69 Å². The van der Waals surface area contributed by atoms with E-state index in [9.17, 15) is 23.3 Å². The molecule has 0 unspecified atom stereocenters. The number of nitrogens with one attached hydrogen (secondary N) is 1. The number of aromatic nitrogens is 3. The summed E-state index contributed by atoms with van der Waals surface area (Å²) in [5, 5.41) is 22.5. The van der Waals surface area contributed by atoms with Gasteiger partial charge in [0.05, 0.1) is 16.4 Å². The van der Waals surface area contributed by atoms with E-state index in [1.54, 1.807) is 6.92 Å². The average molecular weight is 477 g/mol. The third-order valence-electron chi connectivity index (χ3n) is 6.43. The van der Waals surface area contributed by atoms with E-state index in [1.165, 1.54) is 16.4 Å². The number of amides is 1. The predicted molar refractivity (Wildman–Crippen MR) is 119 cm³/mol. The predicted octanol–water partition coefficient (Wildman–Crippen LogP) is 1.94. The number of hydrogen-bond acceptors (Lipinski definition) is 7. The molecule has 0 spiro atoms. The van der Waals surface area contributed by atoms with E-state index in [2.05, 4.69) is 20.1 Å². The molecule has 1 aromatic carbocycles. The average Bonchev–Trinajstić information content (AvgIpc) is 3.03. The number of nitro benzene ring substituents is 1. The SMILES string of the molecule is Cc1ccc([N+](=O)[O-])cc1S(=O)(=O)N1CCC(C(=O)NCc2nnc3n2CCCCC3)CC1. The van der Waals surface area contributed by atoms with Gasteiger partial charge in [-0.1, -0.05) is 12.5 Å². The summed E-state index contributed by atoms with van der Waals surface area (Å²) in [6.45, 7) is 3.14. The topological polar surface area (TPSA) is 140 Å². The van der Waals surface area contributed by atoms with Gasteiger partial charge in [-0.05, 0) is 38.2 Å². The first-order valence-electron chi connectivity index (χ1n) is 11.2. The van der Waals surface area contributed by atoms with Gasteiger partial charge in [-0.3, -0.25) is 14.9 Å². The van der Waals surface area contributed by atoms with Crippen molar-refractivity contribution in [1.29, 1.82) is 0 Å². The molecule has 1 aromatic heterocycles. The molecule has 0 radical (unpaired) electrons. The van der Waals surface area contributed by atoms with Crippen molar-refractivity contribution in [2.75, 3.05) is 13.1 Å². The van der Waals surface area contributed by atoms with Crippen LogP contribution in [-0.2, 0) is 34.3 Å². The summed E-state index contributed by atoms with van der Waals surface area (Å²) in [4.78, 5) is 23.1. The number of nitro groups is 1. The van der Waals surface area contributed by atoms with Crippen LogP contribution in [0, 0.1) is 23.0 Å². The van der Waals surface area contributed by atoms with Gasteiger partial charge in [-0.25, -0.2) is 8.42 Å². The van der Waals surface area contributed by atoms with Crippen LogP contribution < -0.4 is 5.32 Å². The number of sulfonamides is 1. The first-order chi connectivity index (χ1) is 15.8. The van der Waals surface area contributed by atoms with Gasteiger partial charge in [-0.2, -0.15) is 4.31 Å². The minimum absolute atomic E-state index is 0.0629. The molecule has 178 valence electrons. The van der Waals surface area contributed by atoms with Crippen LogP contribution in [0.15, 0.2) is 23.1 Å². The maximum atomic E-state index is 13.1. The molecule has 2 aliphatic heterocycles. The van der Waals surface area contributed by atoms with Crippen molar-refractivity contribution in [3.8, 4) is 0 Å². The lowest BCUT2D eigenvalue weighted by Gasteiger charge is -2.30. The van der Waals surface area contributed by atoms with E-state index >= 15 is 0 Å². The molecule has 1 N–H and O–H groups in total. The van der Waals surface area contributed by atoms with E-state index in [1.807, 2.05) is 0 Å². The van der Waals surface area contributed by atoms with E-state index in [0.29, 0.717) is 24.9 Å². The summed E-state index contributed by atoms with van der Waals surface area (Å²) in [5.41, 5.74) is 0.188. The Balaban J connectivity index is 1.36. The fourth-order valence-corrected chi connectivity index (χ4v) is 6.18. The number of carbonyl (C=O) groups excluding carboxylic acids is 1. The molecule has 3 heterocycles. The Morgan fingerprint density at radius 2 is 1.94 bits per heavy atom. The van der Waals surface area contributed by atoms with Crippen molar-refractivity contribution >= 4 is 21.6 Å². The molecule has 1 saturated heterocycles. The summed E-state index contributed by atoms with van der Waals surface area (Å²) in [7, 11) is -3.88. The number of rotatable bonds is 6. The number of aryl methyl sites for hydroxylation is 2.